The molecule has 9 heteroatoms. The number of hydrogen-bond donors (Lipinski definition) is 2. The highest BCUT2D eigenvalue weighted by Crippen LogP contribution is 2.23. The van der Waals surface area contributed by atoms with Crippen molar-refractivity contribution >= 4 is 33.9 Å². The largest absolute Gasteiger partial charge is 0.365 e. The van der Waals surface area contributed by atoms with Gasteiger partial charge in [-0.15, -0.1) is 0 Å². The molecular weight excluding hydrogens is 380 g/mol. The molecule has 1 unspecified atom stereocenters. The van der Waals surface area contributed by atoms with Crippen LogP contribution in [0.15, 0.2) is 71.8 Å². The zero-order valence-corrected chi connectivity index (χ0v) is 15.4. The van der Waals surface area contributed by atoms with Gasteiger partial charge in [0.1, 0.15) is 12.0 Å². The molecule has 3 aromatic rings. The minimum absolute atomic E-state index is 0.0903. The maximum atomic E-state index is 12.5. The van der Waals surface area contributed by atoms with E-state index in [0.29, 0.717) is 11.4 Å². The van der Waals surface area contributed by atoms with Crippen LogP contribution in [0.1, 0.15) is 15.9 Å². The fourth-order valence-corrected chi connectivity index (χ4v) is 3.63. The van der Waals surface area contributed by atoms with Crippen molar-refractivity contribution in [3.63, 3.8) is 0 Å². The Morgan fingerprint density at radius 2 is 1.89 bits per heavy atom. The SMILES string of the molecule is NC(=O)c1cc([N+](=O)[O-])cnc1Nc1cccc(CS(=O)c2ccccc2)c1. The number of benzene rings is 2. The number of aromatic nitrogens is 1. The van der Waals surface area contributed by atoms with E-state index >= 15 is 0 Å². The lowest BCUT2D eigenvalue weighted by Crippen LogP contribution is -2.14. The molecule has 0 aliphatic rings. The van der Waals surface area contributed by atoms with Gasteiger partial charge < -0.3 is 11.1 Å². The van der Waals surface area contributed by atoms with Crippen LogP contribution in [0.3, 0.4) is 0 Å². The molecule has 0 saturated heterocycles. The van der Waals surface area contributed by atoms with Crippen LogP contribution in [0.25, 0.3) is 0 Å². The third-order valence-electron chi connectivity index (χ3n) is 3.84. The number of amides is 1. The van der Waals surface area contributed by atoms with E-state index < -0.39 is 21.6 Å². The summed E-state index contributed by atoms with van der Waals surface area (Å²) in [5.41, 5.74) is 6.30. The number of pyridine rings is 1. The number of nitrogens with zero attached hydrogens (tertiary/aromatic N) is 2. The molecule has 3 N–H and O–H groups in total. The number of carbonyl (C=O) groups excluding carboxylic acids is 1. The number of primary amides is 1. The smallest absolute Gasteiger partial charge is 0.288 e. The van der Waals surface area contributed by atoms with E-state index in [2.05, 4.69) is 10.3 Å². The summed E-state index contributed by atoms with van der Waals surface area (Å²) in [6, 6.07) is 17.3. The Bertz CT molecular complexity index is 1060. The molecule has 1 heterocycles. The van der Waals surface area contributed by atoms with Gasteiger partial charge in [0.25, 0.3) is 11.6 Å². The first-order valence-electron chi connectivity index (χ1n) is 8.17. The van der Waals surface area contributed by atoms with Crippen molar-refractivity contribution in [3.8, 4) is 0 Å². The first-order chi connectivity index (χ1) is 13.4. The predicted molar refractivity (Wildman–Crippen MR) is 106 cm³/mol. The summed E-state index contributed by atoms with van der Waals surface area (Å²) >= 11 is 0. The third kappa shape index (κ3) is 4.57. The Morgan fingerprint density at radius 3 is 2.57 bits per heavy atom. The fourth-order valence-electron chi connectivity index (χ4n) is 2.52. The standard InChI is InChI=1S/C19H16N4O4S/c20-18(24)17-10-15(23(25)26)11-21-19(17)22-14-6-4-5-13(9-14)12-28(27)16-7-2-1-3-8-16/h1-11H,12H2,(H2,20,24)(H,21,22). The molecule has 0 bridgehead atoms. The van der Waals surface area contributed by atoms with E-state index in [9.17, 15) is 19.1 Å². The van der Waals surface area contributed by atoms with Crippen molar-refractivity contribution in [1.82, 2.24) is 4.98 Å². The minimum atomic E-state index is -1.20. The van der Waals surface area contributed by atoms with Crippen molar-refractivity contribution in [1.29, 1.82) is 0 Å². The maximum absolute atomic E-state index is 12.5. The molecule has 0 aliphatic heterocycles. The van der Waals surface area contributed by atoms with Gasteiger partial charge in [-0.3, -0.25) is 19.1 Å². The molecule has 0 fully saturated rings. The summed E-state index contributed by atoms with van der Waals surface area (Å²) in [7, 11) is -1.20. The lowest BCUT2D eigenvalue weighted by atomic mass is 10.2. The van der Waals surface area contributed by atoms with Crippen LogP contribution in [-0.4, -0.2) is 20.0 Å². The Labute approximate surface area is 163 Å². The second-order valence-electron chi connectivity index (χ2n) is 5.84. The summed E-state index contributed by atoms with van der Waals surface area (Å²) in [5.74, 6) is -0.407. The Balaban J connectivity index is 1.82. The van der Waals surface area contributed by atoms with Crippen LogP contribution in [0, 0.1) is 10.1 Å². The zero-order chi connectivity index (χ0) is 20.1. The molecule has 28 heavy (non-hydrogen) atoms. The van der Waals surface area contributed by atoms with Gasteiger partial charge in [0.2, 0.25) is 0 Å². The van der Waals surface area contributed by atoms with Crippen LogP contribution >= 0.6 is 0 Å². The molecular formula is C19H16N4O4S. The number of anilines is 2. The van der Waals surface area contributed by atoms with Crippen LogP contribution < -0.4 is 11.1 Å². The highest BCUT2D eigenvalue weighted by molar-refractivity contribution is 7.84. The van der Waals surface area contributed by atoms with Crippen LogP contribution in [0.2, 0.25) is 0 Å². The first kappa shape index (κ1) is 19.2. The zero-order valence-electron chi connectivity index (χ0n) is 14.6. The summed E-state index contributed by atoms with van der Waals surface area (Å²) < 4.78 is 12.5. The van der Waals surface area contributed by atoms with E-state index in [0.717, 1.165) is 22.7 Å². The normalized spacial score (nSPS) is 11.6. The van der Waals surface area contributed by atoms with E-state index in [4.69, 9.17) is 5.73 Å². The van der Waals surface area contributed by atoms with Gasteiger partial charge in [0.15, 0.2) is 0 Å². The van der Waals surface area contributed by atoms with E-state index in [1.54, 1.807) is 30.3 Å². The lowest BCUT2D eigenvalue weighted by molar-refractivity contribution is -0.385. The number of carbonyl (C=O) groups is 1. The molecule has 1 amide bonds. The van der Waals surface area contributed by atoms with Gasteiger partial charge in [0, 0.05) is 16.6 Å². The minimum Gasteiger partial charge on any atom is -0.365 e. The second-order valence-corrected chi connectivity index (χ2v) is 7.29. The molecule has 3 rings (SSSR count). The highest BCUT2D eigenvalue weighted by atomic mass is 32.2. The number of nitro groups is 1. The van der Waals surface area contributed by atoms with E-state index in [1.807, 2.05) is 24.3 Å². The molecule has 2 aromatic carbocycles. The molecule has 142 valence electrons. The molecule has 1 aromatic heterocycles. The molecule has 1 atom stereocenters. The van der Waals surface area contributed by atoms with Crippen molar-refractivity contribution in [2.45, 2.75) is 10.6 Å². The summed E-state index contributed by atoms with van der Waals surface area (Å²) in [4.78, 5) is 26.5. The predicted octanol–water partition coefficient (Wildman–Crippen LogP) is 3.14. The van der Waals surface area contributed by atoms with Gasteiger partial charge in [-0.2, -0.15) is 0 Å². The van der Waals surface area contributed by atoms with E-state index in [1.165, 1.54) is 0 Å². The number of hydrogen-bond acceptors (Lipinski definition) is 6. The van der Waals surface area contributed by atoms with Crippen LogP contribution in [-0.2, 0) is 16.6 Å². The Kier molecular flexibility index (Phi) is 5.75. The van der Waals surface area contributed by atoms with Crippen LogP contribution in [0.5, 0.6) is 0 Å². The first-order valence-corrected chi connectivity index (χ1v) is 9.49. The molecule has 0 radical (unpaired) electrons. The van der Waals surface area contributed by atoms with Crippen molar-refractivity contribution in [2.75, 3.05) is 5.32 Å². The molecule has 8 nitrogen and oxygen atoms in total. The van der Waals surface area contributed by atoms with Gasteiger partial charge in [-0.1, -0.05) is 30.3 Å². The van der Waals surface area contributed by atoms with E-state index in [-0.39, 0.29) is 17.1 Å². The van der Waals surface area contributed by atoms with Crippen molar-refractivity contribution in [2.24, 2.45) is 5.73 Å². The topological polar surface area (TPSA) is 128 Å². The number of nitrogens with two attached hydrogens (primary N) is 1. The second kappa shape index (κ2) is 8.40. The number of rotatable bonds is 7. The van der Waals surface area contributed by atoms with Gasteiger partial charge in [-0.05, 0) is 29.8 Å². The van der Waals surface area contributed by atoms with Crippen molar-refractivity contribution in [3.05, 3.63) is 88.1 Å². The van der Waals surface area contributed by atoms with Crippen molar-refractivity contribution < 1.29 is 13.9 Å². The quantitative estimate of drug-likeness (QED) is 0.466. The maximum Gasteiger partial charge on any atom is 0.288 e. The Morgan fingerprint density at radius 1 is 1.14 bits per heavy atom. The van der Waals surface area contributed by atoms with Crippen LogP contribution in [0.4, 0.5) is 17.2 Å². The third-order valence-corrected chi connectivity index (χ3v) is 5.24. The van der Waals surface area contributed by atoms with Gasteiger partial charge >= 0.3 is 0 Å². The molecule has 0 aliphatic carbocycles. The van der Waals surface area contributed by atoms with Gasteiger partial charge in [-0.25, -0.2) is 4.98 Å². The average Bonchev–Trinajstić information content (AvgIpc) is 2.69. The summed E-state index contributed by atoms with van der Waals surface area (Å²) in [6.45, 7) is 0. The average molecular weight is 396 g/mol. The van der Waals surface area contributed by atoms with Gasteiger partial charge in [0.05, 0.1) is 27.0 Å². The fraction of sp³-hybridized carbons (Fsp3) is 0.0526. The summed E-state index contributed by atoms with van der Waals surface area (Å²) in [5, 5.41) is 13.8. The monoisotopic (exact) mass is 396 g/mol. The molecule has 0 saturated carbocycles. The Hall–Kier alpha value is -3.59. The number of nitrogens with one attached hydrogen (secondary N) is 1. The highest BCUT2D eigenvalue weighted by Gasteiger charge is 2.16. The summed E-state index contributed by atoms with van der Waals surface area (Å²) in [6.07, 6.45) is 1.04. The molecule has 0 spiro atoms. The lowest BCUT2D eigenvalue weighted by Gasteiger charge is -2.10.